The van der Waals surface area contributed by atoms with Crippen LogP contribution in [0.5, 0.6) is 0 Å². The van der Waals surface area contributed by atoms with Crippen molar-refractivity contribution >= 4 is 38.7 Å². The molecule has 0 spiro atoms. The van der Waals surface area contributed by atoms with E-state index in [1.54, 1.807) is 36.4 Å². The molecule has 7 aromatic carbocycles. The number of halogens is 2. The minimum atomic E-state index is -4.09. The molecule has 13 rings (SSSR count). The van der Waals surface area contributed by atoms with E-state index in [1.165, 1.54) is 0 Å². The quantitative estimate of drug-likeness (QED) is 0.0250. The van der Waals surface area contributed by atoms with Gasteiger partial charge in [-0.2, -0.15) is 0 Å². The highest BCUT2D eigenvalue weighted by atomic mass is 79.9. The summed E-state index contributed by atoms with van der Waals surface area (Å²) in [5.74, 6) is 1.44. The van der Waals surface area contributed by atoms with E-state index in [0.717, 1.165) is 117 Å². The molecule has 6 N–H and O–H groups in total. The molecule has 13 aromatic rings. The summed E-state index contributed by atoms with van der Waals surface area (Å²) in [5, 5.41) is 0.753. The Morgan fingerprint density at radius 1 is 0.337 bits per heavy atom. The standard InChI is InChI=1S/C43H38N4O6P2.C27H20N4.C8H10BrO3P.CH3F/c1-31-44-42(40-14-10-36(11-15-40)38-18-22-46(23-19-38)27-32-2-6-34(7-3-32)29-54(48,49)50)26-43(45-31)41-16-12-37(13-17-41)39-20-24-47(25-21-39)28-33-4-8-35(9-5-33)30-55(51,52)53;1-19-30-26(24-6-2-20(3-7-24)22-10-14-28-15-11-22)18-27(31-19)25-8-4-21(5-9-25)23-12-16-29-17-13-23;9-5-7-1-3-8(4-2-7)6-13(10,11)12;1-2/h2-26H,27-30H2,1H3,(H2-2,48,49,50,51,52,53);2-18H,1H3;1-4H,5-6H2,(H2,10,11,12);1H3/p+2/i;;;1D. The van der Waals surface area contributed by atoms with E-state index >= 15 is 0 Å². The van der Waals surface area contributed by atoms with Gasteiger partial charge in [-0.25, -0.2) is 29.1 Å². The monoisotopic (exact) mass is 1470 g/mol. The topological polar surface area (TPSA) is 258 Å². The Labute approximate surface area is 595 Å². The fourth-order valence-electron chi connectivity index (χ4n) is 11.0. The zero-order chi connectivity index (χ0) is 72.2. The lowest BCUT2D eigenvalue weighted by atomic mass is 10.0. The molecule has 6 heterocycles. The maximum Gasteiger partial charge on any atom is 0.329 e. The van der Waals surface area contributed by atoms with Gasteiger partial charge in [0.2, 0.25) is 0 Å². The van der Waals surface area contributed by atoms with Crippen LogP contribution in [0.4, 0.5) is 4.39 Å². The highest BCUT2D eigenvalue weighted by Gasteiger charge is 2.18. The largest absolute Gasteiger partial charge is 0.329 e. The molecule has 0 radical (unpaired) electrons. The first-order chi connectivity index (χ1) is 49.0. The van der Waals surface area contributed by atoms with E-state index in [2.05, 4.69) is 172 Å². The Kier molecular flexibility index (Phi) is 24.7. The van der Waals surface area contributed by atoms with Crippen molar-refractivity contribution in [3.63, 3.8) is 0 Å². The number of benzene rings is 7. The van der Waals surface area contributed by atoms with Gasteiger partial charge in [-0.3, -0.25) is 28.1 Å². The predicted octanol–water partition coefficient (Wildman–Crippen LogP) is 16.6. The summed E-state index contributed by atoms with van der Waals surface area (Å²) in [7, 11) is -13.1. The molecular weight excluding hydrogens is 1400 g/mol. The number of pyridine rings is 4. The minimum absolute atomic E-state index is 0.185. The van der Waals surface area contributed by atoms with Crippen LogP contribution in [0.1, 0.15) is 46.4 Å². The predicted molar refractivity (Wildman–Crippen MR) is 397 cm³/mol. The third-order valence-electron chi connectivity index (χ3n) is 16.0. The Hall–Kier alpha value is -9.84. The second kappa shape index (κ2) is 34.5. The number of nitrogens with zero attached hydrogens (tertiary/aromatic N) is 8. The second-order valence-corrected chi connectivity index (χ2v) is 29.2. The molecule has 0 aliphatic heterocycles. The number of aryl methyl sites for hydroxylation is 2. The van der Waals surface area contributed by atoms with Crippen molar-refractivity contribution in [2.75, 3.05) is 7.15 Å². The average molecular weight is 1470 g/mol. The van der Waals surface area contributed by atoms with Crippen LogP contribution in [-0.2, 0) is 50.6 Å². The van der Waals surface area contributed by atoms with Crippen LogP contribution in [-0.4, -0.2) is 66.4 Å². The molecular formula is C79H73BrFN8O9P3+2. The summed E-state index contributed by atoms with van der Waals surface area (Å²) in [6, 6.07) is 75.8. The summed E-state index contributed by atoms with van der Waals surface area (Å²) in [6.45, 7) is 5.13. The van der Waals surface area contributed by atoms with Crippen LogP contribution in [0.25, 0.3) is 89.5 Å². The van der Waals surface area contributed by atoms with Crippen molar-refractivity contribution in [3.05, 3.63) is 325 Å². The molecule has 22 heteroatoms. The molecule has 0 saturated carbocycles. The van der Waals surface area contributed by atoms with Crippen LogP contribution in [0.3, 0.4) is 0 Å². The maximum atomic E-state index is 11.3. The lowest BCUT2D eigenvalue weighted by Gasteiger charge is -2.09. The molecule has 510 valence electrons. The number of hydrogen-bond acceptors (Lipinski definition) is 9. The normalized spacial score (nSPS) is 11.4. The minimum Gasteiger partial charge on any atom is -0.324 e. The van der Waals surface area contributed by atoms with E-state index in [0.29, 0.717) is 35.6 Å². The van der Waals surface area contributed by atoms with Crippen molar-refractivity contribution in [3.8, 4) is 89.5 Å². The summed E-state index contributed by atoms with van der Waals surface area (Å²) in [4.78, 5) is 81.2. The fraction of sp³-hybridized carbons (Fsp3) is 0.114. The smallest absolute Gasteiger partial charge is 0.324 e. The van der Waals surface area contributed by atoms with Gasteiger partial charge < -0.3 is 29.4 Å². The lowest BCUT2D eigenvalue weighted by molar-refractivity contribution is -0.688. The fourth-order valence-corrected chi connectivity index (χ4v) is 13.5. The van der Waals surface area contributed by atoms with Crippen LogP contribution < -0.4 is 9.13 Å². The van der Waals surface area contributed by atoms with E-state index in [1.807, 2.05) is 130 Å². The van der Waals surface area contributed by atoms with Gasteiger partial charge in [0.05, 0.1) is 49.8 Å². The van der Waals surface area contributed by atoms with Crippen LogP contribution in [0.15, 0.2) is 280 Å². The molecule has 0 bridgehead atoms. The molecule has 0 saturated heterocycles. The van der Waals surface area contributed by atoms with Crippen molar-refractivity contribution in [2.24, 2.45) is 0 Å². The lowest BCUT2D eigenvalue weighted by Crippen LogP contribution is -2.32. The molecule has 0 aliphatic rings. The number of alkyl halides is 2. The van der Waals surface area contributed by atoms with Gasteiger partial charge in [0.25, 0.3) is 0 Å². The Morgan fingerprint density at radius 2 is 0.545 bits per heavy atom. The van der Waals surface area contributed by atoms with Gasteiger partial charge in [0.1, 0.15) is 11.6 Å². The summed E-state index contributed by atoms with van der Waals surface area (Å²) in [6.07, 6.45) is 14.6. The third kappa shape index (κ3) is 22.3. The van der Waals surface area contributed by atoms with Gasteiger partial charge in [-0.05, 0) is 117 Å². The Morgan fingerprint density at radius 3 is 0.782 bits per heavy atom. The van der Waals surface area contributed by atoms with E-state index < -0.39 is 29.9 Å². The van der Waals surface area contributed by atoms with Crippen LogP contribution >= 0.6 is 38.7 Å². The van der Waals surface area contributed by atoms with Gasteiger partial charge in [-0.1, -0.05) is 186 Å². The van der Waals surface area contributed by atoms with Gasteiger partial charge in [0, 0.05) is 87.8 Å². The zero-order valence-corrected chi connectivity index (χ0v) is 59.4. The van der Waals surface area contributed by atoms with Gasteiger partial charge in [-0.15, -0.1) is 0 Å². The molecule has 101 heavy (non-hydrogen) atoms. The SMILES string of the molecule is Cc1nc(-c2ccc(-c3cc[n+](Cc4ccc(CP(=O)(O)O)cc4)cc3)cc2)cc(-c2ccc(-c3cc[n+](Cc4ccc(CP(=O)(O)O)cc4)cc3)cc2)n1.Cc1nc(-c2ccc(-c3ccncc3)cc2)cc(-c2ccc(-c3ccncc3)cc2)n1.O=P(O)(O)Cc1ccc(CBr)cc1.[2H]CF. The van der Waals surface area contributed by atoms with E-state index in [-0.39, 0.29) is 18.5 Å². The van der Waals surface area contributed by atoms with Gasteiger partial charge in [0.15, 0.2) is 37.9 Å². The highest BCUT2D eigenvalue weighted by Crippen LogP contribution is 2.41. The number of aromatic nitrogens is 8. The number of rotatable bonds is 19. The van der Waals surface area contributed by atoms with Crippen molar-refractivity contribution in [2.45, 2.75) is 50.8 Å². The first kappa shape index (κ1) is 72.4. The second-order valence-electron chi connectivity index (χ2n) is 23.7. The maximum absolute atomic E-state index is 11.3. The molecule has 0 aliphatic carbocycles. The summed E-state index contributed by atoms with van der Waals surface area (Å²) in [5.41, 5.74) is 21.7. The molecule has 0 amide bonds. The highest BCUT2D eigenvalue weighted by molar-refractivity contribution is 9.08. The first-order valence-electron chi connectivity index (χ1n) is 32.4. The molecule has 0 unspecified atom stereocenters. The van der Waals surface area contributed by atoms with Gasteiger partial charge >= 0.3 is 22.8 Å². The third-order valence-corrected chi connectivity index (χ3v) is 19.0. The molecule has 17 nitrogen and oxygen atoms in total. The number of hydrogen-bond donors (Lipinski definition) is 6. The molecule has 0 atom stereocenters. The van der Waals surface area contributed by atoms with E-state index in [9.17, 15) is 37.7 Å². The Balaban J connectivity index is 0.000000197. The van der Waals surface area contributed by atoms with Crippen LogP contribution in [0, 0.1) is 13.8 Å². The average Bonchev–Trinajstić information content (AvgIpc) is 0.815. The van der Waals surface area contributed by atoms with E-state index in [4.69, 9.17) is 21.1 Å². The van der Waals surface area contributed by atoms with Crippen molar-refractivity contribution in [1.29, 1.82) is 0 Å². The van der Waals surface area contributed by atoms with Crippen LogP contribution in [0.2, 0.25) is 0 Å². The van der Waals surface area contributed by atoms with Crippen molar-refractivity contribution in [1.82, 2.24) is 29.9 Å². The summed E-state index contributed by atoms with van der Waals surface area (Å²) >= 11 is 3.29. The molecule has 0 fully saturated rings. The Bertz CT molecular complexity index is 4740. The van der Waals surface area contributed by atoms with Crippen molar-refractivity contribution < 1.29 is 58.0 Å². The summed E-state index contributed by atoms with van der Waals surface area (Å²) < 4.78 is 52.8. The molecule has 6 aromatic heterocycles. The first-order valence-corrected chi connectivity index (χ1v) is 38.2. The zero-order valence-electron chi connectivity index (χ0n) is 56.1.